The molecule has 6 atom stereocenters. The molecular formula is C19H25FN8O8. The van der Waals surface area contributed by atoms with Crippen LogP contribution in [0.15, 0.2) is 22.1 Å². The molecule has 0 aliphatic carbocycles. The molecule has 36 heavy (non-hydrogen) atoms. The molecule has 2 saturated heterocycles. The largest absolute Gasteiger partial charge is 0.394 e. The molecule has 5 heterocycles. The topological polar surface area (TPSA) is 239 Å². The molecule has 0 unspecified atom stereocenters. The summed E-state index contributed by atoms with van der Waals surface area (Å²) in [5.74, 6) is 0.285. The highest BCUT2D eigenvalue weighted by Crippen LogP contribution is 2.30. The van der Waals surface area contributed by atoms with Crippen molar-refractivity contribution in [2.45, 2.75) is 44.0 Å². The first kappa shape index (κ1) is 25.6. The molecule has 0 aromatic carbocycles. The Morgan fingerprint density at radius 1 is 1.19 bits per heavy atom. The van der Waals surface area contributed by atoms with Crippen LogP contribution < -0.4 is 22.7 Å². The minimum atomic E-state index is -1.86. The first-order chi connectivity index (χ1) is 17.1. The number of nitrogens with two attached hydrogens (primary N) is 2. The second-order valence-electron chi connectivity index (χ2n) is 7.99. The molecule has 17 heteroatoms. The van der Waals surface area contributed by atoms with Crippen LogP contribution in [0.1, 0.15) is 18.0 Å². The normalized spacial score (nSPS) is 27.8. The summed E-state index contributed by atoms with van der Waals surface area (Å²) in [6, 6.07) is 0. The maximum atomic E-state index is 13.8. The Hall–Kier alpha value is -3.48. The lowest BCUT2D eigenvalue weighted by atomic mass is 10.1. The van der Waals surface area contributed by atoms with Gasteiger partial charge in [0.15, 0.2) is 36.4 Å². The first-order valence-corrected chi connectivity index (χ1v) is 10.7. The van der Waals surface area contributed by atoms with Crippen molar-refractivity contribution in [1.82, 2.24) is 29.1 Å². The van der Waals surface area contributed by atoms with E-state index in [9.17, 15) is 19.1 Å². The lowest BCUT2D eigenvalue weighted by Crippen LogP contribution is -2.36. The zero-order valence-electron chi connectivity index (χ0n) is 18.9. The monoisotopic (exact) mass is 512 g/mol. The van der Waals surface area contributed by atoms with E-state index in [1.165, 1.54) is 13.3 Å². The lowest BCUT2D eigenvalue weighted by Gasteiger charge is -2.15. The second kappa shape index (κ2) is 10.2. The van der Waals surface area contributed by atoms with Crippen molar-refractivity contribution in [3.05, 3.63) is 38.9 Å². The number of aliphatic hydroxyl groups is 3. The van der Waals surface area contributed by atoms with Crippen molar-refractivity contribution in [1.29, 1.82) is 0 Å². The zero-order chi connectivity index (χ0) is 26.1. The van der Waals surface area contributed by atoms with E-state index in [1.54, 1.807) is 4.57 Å². The van der Waals surface area contributed by atoms with Crippen LogP contribution in [0.3, 0.4) is 0 Å². The Labute approximate surface area is 200 Å². The number of nitrogens with zero attached hydrogens (tertiary/aromatic N) is 5. The van der Waals surface area contributed by atoms with Gasteiger partial charge in [-0.2, -0.15) is 9.97 Å². The van der Waals surface area contributed by atoms with Crippen molar-refractivity contribution >= 4 is 22.9 Å². The Morgan fingerprint density at radius 2 is 1.94 bits per heavy atom. The van der Waals surface area contributed by atoms with E-state index in [1.807, 2.05) is 4.98 Å². The molecule has 0 radical (unpaired) electrons. The Kier molecular flexibility index (Phi) is 7.29. The van der Waals surface area contributed by atoms with E-state index in [-0.39, 0.29) is 23.9 Å². The van der Waals surface area contributed by atoms with Gasteiger partial charge in [-0.1, -0.05) is 0 Å². The van der Waals surface area contributed by atoms with Crippen LogP contribution in [0.2, 0.25) is 0 Å². The number of hydrogen-bond acceptors (Lipinski definition) is 13. The summed E-state index contributed by atoms with van der Waals surface area (Å²) in [6.07, 6.45) is -4.19. The van der Waals surface area contributed by atoms with Gasteiger partial charge in [-0.3, -0.25) is 18.9 Å². The smallest absolute Gasteiger partial charge is 0.330 e. The molecule has 3 aromatic rings. The van der Waals surface area contributed by atoms with Crippen molar-refractivity contribution in [3.63, 3.8) is 0 Å². The van der Waals surface area contributed by atoms with E-state index in [0.717, 1.165) is 10.8 Å². The molecule has 3 aromatic heterocycles. The number of H-pyrrole nitrogens is 1. The fraction of sp³-hybridized carbons (Fsp3) is 0.526. The minimum Gasteiger partial charge on any atom is -0.394 e. The highest BCUT2D eigenvalue weighted by atomic mass is 19.1. The number of nitrogen functional groups attached to an aromatic ring is 2. The molecular weight excluding hydrogens is 487 g/mol. The highest BCUT2D eigenvalue weighted by Gasteiger charge is 2.45. The van der Waals surface area contributed by atoms with Crippen LogP contribution >= 0.6 is 0 Å². The summed E-state index contributed by atoms with van der Waals surface area (Å²) in [5, 5.41) is 27.3. The first-order valence-electron chi connectivity index (χ1n) is 10.7. The van der Waals surface area contributed by atoms with Gasteiger partial charge in [0, 0.05) is 11.8 Å². The Morgan fingerprint density at radius 3 is 2.58 bits per heavy atom. The van der Waals surface area contributed by atoms with E-state index >= 15 is 0 Å². The van der Waals surface area contributed by atoms with Crippen molar-refractivity contribution in [2.24, 2.45) is 0 Å². The third kappa shape index (κ3) is 4.79. The van der Waals surface area contributed by atoms with Crippen LogP contribution in [0.5, 0.6) is 0 Å². The minimum absolute atomic E-state index is 0.0689. The SMILES string of the molecule is Cc1cn([C@H]2O[C@@H](CO)[C@H](O)[C@H]2F)c(=O)[nH]c1=O.Nc1nc(N)c2ncn([C@H]3CO[C@@H](CO)O3)c2n1. The number of anilines is 2. The number of ether oxygens (including phenoxy) is 3. The summed E-state index contributed by atoms with van der Waals surface area (Å²) < 4.78 is 32.0. The molecule has 2 aliphatic heterocycles. The van der Waals surface area contributed by atoms with Gasteiger partial charge in [0.1, 0.15) is 17.7 Å². The fourth-order valence-electron chi connectivity index (χ4n) is 3.71. The summed E-state index contributed by atoms with van der Waals surface area (Å²) in [5.41, 5.74) is 11.0. The molecule has 0 bridgehead atoms. The molecule has 2 aliphatic rings. The number of fused-ring (bicyclic) bond motifs is 1. The number of aromatic amines is 1. The van der Waals surface area contributed by atoms with Gasteiger partial charge in [-0.15, -0.1) is 0 Å². The van der Waals surface area contributed by atoms with Crippen molar-refractivity contribution in [2.75, 3.05) is 31.3 Å². The number of imidazole rings is 1. The number of rotatable bonds is 4. The van der Waals surface area contributed by atoms with Crippen molar-refractivity contribution in [3.8, 4) is 0 Å². The molecule has 0 spiro atoms. The number of alkyl halides is 1. The Bertz CT molecular complexity index is 1350. The van der Waals surface area contributed by atoms with Crippen LogP contribution in [0.4, 0.5) is 16.2 Å². The van der Waals surface area contributed by atoms with E-state index in [4.69, 9.17) is 35.9 Å². The average molecular weight is 512 g/mol. The van der Waals surface area contributed by atoms with Crippen LogP contribution in [-0.4, -0.2) is 88.9 Å². The summed E-state index contributed by atoms with van der Waals surface area (Å²) >= 11 is 0. The summed E-state index contributed by atoms with van der Waals surface area (Å²) in [6.45, 7) is 0.981. The predicted molar refractivity (Wildman–Crippen MR) is 119 cm³/mol. The molecule has 2 fully saturated rings. The predicted octanol–water partition coefficient (Wildman–Crippen LogP) is -2.71. The van der Waals surface area contributed by atoms with Crippen LogP contribution in [0.25, 0.3) is 11.2 Å². The maximum absolute atomic E-state index is 13.8. The van der Waals surface area contributed by atoms with Gasteiger partial charge < -0.3 is 41.0 Å². The number of aryl methyl sites for hydroxylation is 1. The van der Waals surface area contributed by atoms with Crippen LogP contribution in [-0.2, 0) is 14.2 Å². The van der Waals surface area contributed by atoms with Gasteiger partial charge in [0.25, 0.3) is 5.56 Å². The molecule has 0 saturated carbocycles. The van der Waals surface area contributed by atoms with Gasteiger partial charge in [-0.25, -0.2) is 14.2 Å². The number of nitrogens with one attached hydrogen (secondary N) is 1. The van der Waals surface area contributed by atoms with Crippen molar-refractivity contribution < 1.29 is 33.9 Å². The Balaban J connectivity index is 0.000000169. The molecule has 16 nitrogen and oxygen atoms in total. The second-order valence-corrected chi connectivity index (χ2v) is 7.99. The fourth-order valence-corrected chi connectivity index (χ4v) is 3.71. The maximum Gasteiger partial charge on any atom is 0.330 e. The van der Waals surface area contributed by atoms with E-state index < -0.39 is 55.0 Å². The standard InChI is InChI=1S/C10H13FN2O5.C9H12N6O3/c1-4-2-13(10(17)12-8(4)16)9-6(11)7(15)5(3-14)18-9;10-7-6-8(14-9(11)13-7)15(3-12-6)4-2-17-5(1-16)18-4/h2,5-7,9,14-15H,3H2,1H3,(H,12,16,17);3-5,16H,1-2H2,(H4,10,11,13,14)/t5-,6+,7-,9-;4-,5-/m01/s1. The van der Waals surface area contributed by atoms with E-state index in [0.29, 0.717) is 17.8 Å². The number of hydrogen-bond donors (Lipinski definition) is 6. The average Bonchev–Trinajstić information content (AvgIpc) is 3.55. The van der Waals surface area contributed by atoms with Gasteiger partial charge in [-0.05, 0) is 6.92 Å². The molecule has 5 rings (SSSR count). The number of aliphatic hydroxyl groups excluding tert-OH is 3. The van der Waals surface area contributed by atoms with Gasteiger partial charge in [0.05, 0.1) is 26.1 Å². The molecule has 196 valence electrons. The summed E-state index contributed by atoms with van der Waals surface area (Å²) in [7, 11) is 0. The zero-order valence-corrected chi connectivity index (χ0v) is 18.9. The third-order valence-corrected chi connectivity index (χ3v) is 5.55. The van der Waals surface area contributed by atoms with Gasteiger partial charge in [0.2, 0.25) is 5.95 Å². The summed E-state index contributed by atoms with van der Waals surface area (Å²) in [4.78, 5) is 36.8. The quantitative estimate of drug-likeness (QED) is 0.209. The van der Waals surface area contributed by atoms with Crippen LogP contribution in [0, 0.1) is 6.92 Å². The highest BCUT2D eigenvalue weighted by molar-refractivity contribution is 5.82. The van der Waals surface area contributed by atoms with E-state index in [2.05, 4.69) is 15.0 Å². The molecule has 0 amide bonds. The van der Waals surface area contributed by atoms with Gasteiger partial charge >= 0.3 is 5.69 Å². The third-order valence-electron chi connectivity index (χ3n) is 5.55. The molecule has 8 N–H and O–H groups in total. The number of halogens is 1. The number of aromatic nitrogens is 6. The lowest BCUT2D eigenvalue weighted by molar-refractivity contribution is -0.0980.